The monoisotopic (exact) mass is 186 g/mol. The van der Waals surface area contributed by atoms with Gasteiger partial charge in [-0.25, -0.2) is 8.78 Å². The number of halogens is 2. The van der Waals surface area contributed by atoms with Crippen molar-refractivity contribution in [3.8, 4) is 0 Å². The molecule has 1 aromatic carbocycles. The van der Waals surface area contributed by atoms with Gasteiger partial charge in [-0.05, 0) is 18.1 Å². The summed E-state index contributed by atoms with van der Waals surface area (Å²) in [5.41, 5.74) is 1.32. The minimum Gasteiger partial charge on any atom is -0.396 e. The van der Waals surface area contributed by atoms with Crippen LogP contribution in [0.3, 0.4) is 0 Å². The average Bonchev–Trinajstić information content (AvgIpc) is 2.09. The largest absolute Gasteiger partial charge is 0.396 e. The van der Waals surface area contributed by atoms with Crippen LogP contribution in [0.25, 0.3) is 0 Å². The van der Waals surface area contributed by atoms with Crippen LogP contribution < -0.4 is 0 Å². The van der Waals surface area contributed by atoms with E-state index in [4.69, 9.17) is 5.11 Å². The molecule has 0 amide bonds. The van der Waals surface area contributed by atoms with Crippen molar-refractivity contribution in [2.75, 3.05) is 6.61 Å². The van der Waals surface area contributed by atoms with Crippen LogP contribution in [0.15, 0.2) is 24.3 Å². The predicted octanol–water partition coefficient (Wildman–Crippen LogP) is 2.34. The molecule has 13 heavy (non-hydrogen) atoms. The van der Waals surface area contributed by atoms with E-state index in [1.807, 2.05) is 0 Å². The van der Waals surface area contributed by atoms with Crippen molar-refractivity contribution in [2.45, 2.75) is 19.3 Å². The Kier molecular flexibility index (Phi) is 3.37. The minimum atomic E-state index is -2.51. The van der Waals surface area contributed by atoms with E-state index in [0.717, 1.165) is 5.56 Å². The van der Waals surface area contributed by atoms with Crippen LogP contribution in [-0.2, 0) is 0 Å². The van der Waals surface area contributed by atoms with Gasteiger partial charge in [-0.2, -0.15) is 0 Å². The Morgan fingerprint density at radius 2 is 1.92 bits per heavy atom. The van der Waals surface area contributed by atoms with Crippen molar-refractivity contribution in [3.63, 3.8) is 0 Å². The van der Waals surface area contributed by atoms with Gasteiger partial charge < -0.3 is 5.11 Å². The molecule has 0 heterocycles. The van der Waals surface area contributed by atoms with Gasteiger partial charge in [0.25, 0.3) is 0 Å². The first-order chi connectivity index (χ1) is 6.16. The number of hydrogen-bond acceptors (Lipinski definition) is 1. The number of aliphatic hydroxyl groups is 1. The third-order valence-electron chi connectivity index (χ3n) is 2.09. The van der Waals surface area contributed by atoms with Crippen LogP contribution in [0.2, 0.25) is 0 Å². The molecule has 0 fully saturated rings. The van der Waals surface area contributed by atoms with Gasteiger partial charge in [0.15, 0.2) is 0 Å². The van der Waals surface area contributed by atoms with Crippen LogP contribution in [-0.4, -0.2) is 18.1 Å². The Morgan fingerprint density at radius 1 is 1.31 bits per heavy atom. The second-order valence-electron chi connectivity index (χ2n) is 2.98. The van der Waals surface area contributed by atoms with Crippen LogP contribution in [0.1, 0.15) is 17.0 Å². The molecule has 3 heteroatoms. The molecule has 1 N–H and O–H groups in total. The molecule has 1 unspecified atom stereocenters. The zero-order valence-corrected chi connectivity index (χ0v) is 7.37. The van der Waals surface area contributed by atoms with Crippen molar-refractivity contribution in [1.29, 1.82) is 0 Å². The summed E-state index contributed by atoms with van der Waals surface area (Å²) < 4.78 is 24.8. The lowest BCUT2D eigenvalue weighted by Crippen LogP contribution is -2.14. The number of aryl methyl sites for hydroxylation is 1. The van der Waals surface area contributed by atoms with Crippen molar-refractivity contribution < 1.29 is 13.9 Å². The fourth-order valence-corrected chi connectivity index (χ4v) is 1.32. The predicted molar refractivity (Wildman–Crippen MR) is 47.0 cm³/mol. The first kappa shape index (κ1) is 10.1. The number of hydrogen-bond donors (Lipinski definition) is 1. The third-order valence-corrected chi connectivity index (χ3v) is 2.09. The summed E-state index contributed by atoms with van der Waals surface area (Å²) in [6.07, 6.45) is -2.51. The summed E-state index contributed by atoms with van der Waals surface area (Å²) in [4.78, 5) is 0. The molecule has 0 radical (unpaired) electrons. The highest BCUT2D eigenvalue weighted by Crippen LogP contribution is 2.25. The Labute approximate surface area is 76.0 Å². The van der Waals surface area contributed by atoms with E-state index in [-0.39, 0.29) is 0 Å². The van der Waals surface area contributed by atoms with Gasteiger partial charge >= 0.3 is 0 Å². The molecule has 0 aromatic heterocycles. The lowest BCUT2D eigenvalue weighted by molar-refractivity contribution is 0.0808. The average molecular weight is 186 g/mol. The van der Waals surface area contributed by atoms with Crippen LogP contribution in [0.4, 0.5) is 8.78 Å². The second kappa shape index (κ2) is 4.33. The van der Waals surface area contributed by atoms with Gasteiger partial charge in [-0.15, -0.1) is 0 Å². The van der Waals surface area contributed by atoms with Crippen molar-refractivity contribution in [1.82, 2.24) is 0 Å². The summed E-state index contributed by atoms with van der Waals surface area (Å²) in [5.74, 6) is -1.05. The van der Waals surface area contributed by atoms with E-state index < -0.39 is 19.0 Å². The van der Waals surface area contributed by atoms with E-state index in [9.17, 15) is 8.78 Å². The van der Waals surface area contributed by atoms with E-state index in [2.05, 4.69) is 0 Å². The van der Waals surface area contributed by atoms with Crippen molar-refractivity contribution >= 4 is 0 Å². The lowest BCUT2D eigenvalue weighted by Gasteiger charge is -2.15. The highest BCUT2D eigenvalue weighted by atomic mass is 19.3. The Morgan fingerprint density at radius 3 is 2.38 bits per heavy atom. The van der Waals surface area contributed by atoms with Gasteiger partial charge in [-0.3, -0.25) is 0 Å². The molecule has 0 bridgehead atoms. The van der Waals surface area contributed by atoms with E-state index in [0.29, 0.717) is 5.56 Å². The van der Waals surface area contributed by atoms with Gasteiger partial charge in [0.2, 0.25) is 6.43 Å². The molecular formula is C10H12F2O. The van der Waals surface area contributed by atoms with Crippen LogP contribution in [0, 0.1) is 6.92 Å². The molecule has 1 aromatic rings. The standard InChI is InChI=1S/C10H12F2O/c1-7-4-2-3-5-8(7)9(6-13)10(11)12/h2-5,9-10,13H,6H2,1H3. The Bertz CT molecular complexity index is 273. The zero-order chi connectivity index (χ0) is 9.84. The minimum absolute atomic E-state index is 0.511. The highest BCUT2D eigenvalue weighted by molar-refractivity contribution is 5.29. The fraction of sp³-hybridized carbons (Fsp3) is 0.400. The first-order valence-corrected chi connectivity index (χ1v) is 4.11. The molecule has 1 rings (SSSR count). The fourth-order valence-electron chi connectivity index (χ4n) is 1.32. The first-order valence-electron chi connectivity index (χ1n) is 4.11. The summed E-state index contributed by atoms with van der Waals surface area (Å²) in [7, 11) is 0. The highest BCUT2D eigenvalue weighted by Gasteiger charge is 2.22. The van der Waals surface area contributed by atoms with Gasteiger partial charge in [0, 0.05) is 0 Å². The molecule has 0 aliphatic carbocycles. The quantitative estimate of drug-likeness (QED) is 0.768. The number of aliphatic hydroxyl groups excluding tert-OH is 1. The van der Waals surface area contributed by atoms with Gasteiger partial charge in [0.05, 0.1) is 12.5 Å². The van der Waals surface area contributed by atoms with Gasteiger partial charge in [-0.1, -0.05) is 24.3 Å². The maximum atomic E-state index is 12.4. The molecular weight excluding hydrogens is 174 g/mol. The third kappa shape index (κ3) is 2.25. The Hall–Kier alpha value is -0.960. The topological polar surface area (TPSA) is 20.2 Å². The molecule has 0 saturated heterocycles. The normalized spacial score (nSPS) is 13.3. The Balaban J connectivity index is 2.97. The molecule has 1 nitrogen and oxygen atoms in total. The number of benzene rings is 1. The van der Waals surface area contributed by atoms with Crippen molar-refractivity contribution in [3.05, 3.63) is 35.4 Å². The molecule has 1 atom stereocenters. The second-order valence-corrected chi connectivity index (χ2v) is 2.98. The molecule has 0 aliphatic heterocycles. The van der Waals surface area contributed by atoms with E-state index >= 15 is 0 Å². The van der Waals surface area contributed by atoms with Crippen molar-refractivity contribution in [2.24, 2.45) is 0 Å². The molecule has 0 saturated carbocycles. The number of rotatable bonds is 3. The van der Waals surface area contributed by atoms with Gasteiger partial charge in [0.1, 0.15) is 0 Å². The summed E-state index contributed by atoms with van der Waals surface area (Å²) in [6.45, 7) is 1.25. The summed E-state index contributed by atoms with van der Waals surface area (Å²) in [5, 5.41) is 8.79. The lowest BCUT2D eigenvalue weighted by atomic mass is 9.96. The summed E-state index contributed by atoms with van der Waals surface area (Å²) in [6, 6.07) is 6.88. The smallest absolute Gasteiger partial charge is 0.247 e. The maximum Gasteiger partial charge on any atom is 0.247 e. The summed E-state index contributed by atoms with van der Waals surface area (Å²) >= 11 is 0. The molecule has 72 valence electrons. The SMILES string of the molecule is Cc1ccccc1C(CO)C(F)F. The zero-order valence-electron chi connectivity index (χ0n) is 7.37. The van der Waals surface area contributed by atoms with Crippen LogP contribution >= 0.6 is 0 Å². The van der Waals surface area contributed by atoms with Crippen LogP contribution in [0.5, 0.6) is 0 Å². The maximum absolute atomic E-state index is 12.4. The van der Waals surface area contributed by atoms with E-state index in [1.54, 1.807) is 31.2 Å². The number of alkyl halides is 2. The molecule has 0 aliphatic rings. The molecule has 0 spiro atoms. The van der Waals surface area contributed by atoms with E-state index in [1.165, 1.54) is 0 Å².